The molecule has 60 valence electrons. The highest BCUT2D eigenvalue weighted by Crippen LogP contribution is 2.24. The molecule has 1 nitrogen and oxygen atoms in total. The number of halogens is 2. The maximum Gasteiger partial charge on any atom is 0.0464 e. The molecule has 2 N–H and O–H groups in total. The van der Waals surface area contributed by atoms with E-state index in [0.29, 0.717) is 0 Å². The molecule has 0 heterocycles. The first-order chi connectivity index (χ1) is 5.11. The standard InChI is InChI=1S/C8H9BrClN/c1-5(11)7-3-2-6(9)4-8(7)10/h2-5H,11H2,1H3/t5-/m0/s1. The molecule has 0 aliphatic heterocycles. The zero-order valence-electron chi connectivity index (χ0n) is 6.14. The summed E-state index contributed by atoms with van der Waals surface area (Å²) in [6, 6.07) is 5.71. The van der Waals surface area contributed by atoms with Crippen molar-refractivity contribution in [2.24, 2.45) is 5.73 Å². The Labute approximate surface area is 79.7 Å². The second-order valence-corrected chi connectivity index (χ2v) is 3.78. The molecule has 0 spiro atoms. The Balaban J connectivity index is 3.09. The molecule has 1 aromatic carbocycles. The summed E-state index contributed by atoms with van der Waals surface area (Å²) < 4.78 is 0.979. The fourth-order valence-corrected chi connectivity index (χ4v) is 1.72. The molecule has 0 aliphatic rings. The van der Waals surface area contributed by atoms with Crippen LogP contribution in [0.2, 0.25) is 5.02 Å². The van der Waals surface area contributed by atoms with E-state index < -0.39 is 0 Å². The third kappa shape index (κ3) is 2.19. The molecule has 1 aromatic rings. The van der Waals surface area contributed by atoms with Gasteiger partial charge in [-0.2, -0.15) is 0 Å². The molecule has 0 radical (unpaired) electrons. The lowest BCUT2D eigenvalue weighted by Crippen LogP contribution is -2.05. The van der Waals surface area contributed by atoms with Crippen molar-refractivity contribution in [3.8, 4) is 0 Å². The van der Waals surface area contributed by atoms with E-state index in [-0.39, 0.29) is 6.04 Å². The molecule has 1 atom stereocenters. The maximum atomic E-state index is 5.91. The first-order valence-corrected chi connectivity index (χ1v) is 4.49. The van der Waals surface area contributed by atoms with Gasteiger partial charge in [-0.1, -0.05) is 33.6 Å². The number of hydrogen-bond acceptors (Lipinski definition) is 1. The van der Waals surface area contributed by atoms with E-state index in [1.807, 2.05) is 25.1 Å². The topological polar surface area (TPSA) is 26.0 Å². The van der Waals surface area contributed by atoms with E-state index in [1.165, 1.54) is 0 Å². The Morgan fingerprint density at radius 1 is 1.55 bits per heavy atom. The van der Waals surface area contributed by atoms with Gasteiger partial charge >= 0.3 is 0 Å². The minimum atomic E-state index is -0.00407. The predicted octanol–water partition coefficient (Wildman–Crippen LogP) is 3.12. The van der Waals surface area contributed by atoms with Crippen molar-refractivity contribution < 1.29 is 0 Å². The van der Waals surface area contributed by atoms with Gasteiger partial charge in [-0.05, 0) is 24.6 Å². The summed E-state index contributed by atoms with van der Waals surface area (Å²) in [7, 11) is 0. The van der Waals surface area contributed by atoms with Gasteiger partial charge in [-0.25, -0.2) is 0 Å². The number of hydrogen-bond donors (Lipinski definition) is 1. The molecule has 0 unspecified atom stereocenters. The van der Waals surface area contributed by atoms with Crippen molar-refractivity contribution >= 4 is 27.5 Å². The predicted molar refractivity (Wildman–Crippen MR) is 51.8 cm³/mol. The first kappa shape index (κ1) is 9.04. The van der Waals surface area contributed by atoms with Crippen LogP contribution in [0.5, 0.6) is 0 Å². The van der Waals surface area contributed by atoms with Crippen molar-refractivity contribution in [3.63, 3.8) is 0 Å². The molecular formula is C8H9BrClN. The highest BCUT2D eigenvalue weighted by molar-refractivity contribution is 9.10. The largest absolute Gasteiger partial charge is 0.324 e. The van der Waals surface area contributed by atoms with E-state index in [4.69, 9.17) is 17.3 Å². The summed E-state index contributed by atoms with van der Waals surface area (Å²) in [4.78, 5) is 0. The Hall–Kier alpha value is -0.0500. The fraction of sp³-hybridized carbons (Fsp3) is 0.250. The van der Waals surface area contributed by atoms with Crippen LogP contribution in [0, 0.1) is 0 Å². The van der Waals surface area contributed by atoms with Crippen molar-refractivity contribution in [1.82, 2.24) is 0 Å². The average molecular weight is 235 g/mol. The number of nitrogens with two attached hydrogens (primary N) is 1. The smallest absolute Gasteiger partial charge is 0.0464 e. The van der Waals surface area contributed by atoms with Gasteiger partial charge in [0.2, 0.25) is 0 Å². The molecule has 0 saturated carbocycles. The SMILES string of the molecule is C[C@H](N)c1ccc(Br)cc1Cl. The van der Waals surface area contributed by atoms with E-state index in [2.05, 4.69) is 15.9 Å². The summed E-state index contributed by atoms with van der Waals surface area (Å²) in [5.74, 6) is 0. The molecule has 0 fully saturated rings. The second-order valence-electron chi connectivity index (χ2n) is 2.45. The molecule has 0 aliphatic carbocycles. The molecule has 0 aromatic heterocycles. The summed E-state index contributed by atoms with van der Waals surface area (Å²) >= 11 is 9.23. The summed E-state index contributed by atoms with van der Waals surface area (Å²) in [5, 5.41) is 0.717. The summed E-state index contributed by atoms with van der Waals surface area (Å²) in [6.07, 6.45) is 0. The minimum absolute atomic E-state index is 0.00407. The Kier molecular flexibility index (Phi) is 2.93. The van der Waals surface area contributed by atoms with Crippen LogP contribution in [0.1, 0.15) is 18.5 Å². The quantitative estimate of drug-likeness (QED) is 0.794. The maximum absolute atomic E-state index is 5.91. The lowest BCUT2D eigenvalue weighted by atomic mass is 10.1. The highest BCUT2D eigenvalue weighted by Gasteiger charge is 2.04. The van der Waals surface area contributed by atoms with Crippen LogP contribution in [-0.4, -0.2) is 0 Å². The van der Waals surface area contributed by atoms with Crippen LogP contribution in [0.4, 0.5) is 0 Å². The molecule has 1 rings (SSSR count). The molecule has 11 heavy (non-hydrogen) atoms. The molecule has 0 amide bonds. The van der Waals surface area contributed by atoms with Gasteiger partial charge in [0.15, 0.2) is 0 Å². The Morgan fingerprint density at radius 2 is 2.18 bits per heavy atom. The van der Waals surface area contributed by atoms with Crippen LogP contribution in [0.15, 0.2) is 22.7 Å². The number of rotatable bonds is 1. The third-order valence-electron chi connectivity index (χ3n) is 1.45. The zero-order chi connectivity index (χ0) is 8.43. The summed E-state index contributed by atoms with van der Waals surface area (Å²) in [6.45, 7) is 1.91. The fourth-order valence-electron chi connectivity index (χ4n) is 0.871. The number of benzene rings is 1. The lowest BCUT2D eigenvalue weighted by molar-refractivity contribution is 0.818. The van der Waals surface area contributed by atoms with Gasteiger partial charge in [0.05, 0.1) is 0 Å². The van der Waals surface area contributed by atoms with Crippen molar-refractivity contribution in [1.29, 1.82) is 0 Å². The Bertz CT molecular complexity index is 260. The molecule has 0 bridgehead atoms. The van der Waals surface area contributed by atoms with Gasteiger partial charge in [-0.3, -0.25) is 0 Å². The monoisotopic (exact) mass is 233 g/mol. The van der Waals surface area contributed by atoms with E-state index in [1.54, 1.807) is 0 Å². The normalized spacial score (nSPS) is 13.1. The highest BCUT2D eigenvalue weighted by atomic mass is 79.9. The van der Waals surface area contributed by atoms with Crippen LogP contribution in [0.25, 0.3) is 0 Å². The lowest BCUT2D eigenvalue weighted by Gasteiger charge is -2.07. The Morgan fingerprint density at radius 3 is 2.64 bits per heavy atom. The molecule has 3 heteroatoms. The van der Waals surface area contributed by atoms with Gasteiger partial charge in [0.25, 0.3) is 0 Å². The van der Waals surface area contributed by atoms with Crippen LogP contribution in [-0.2, 0) is 0 Å². The van der Waals surface area contributed by atoms with Gasteiger partial charge in [0.1, 0.15) is 0 Å². The van der Waals surface area contributed by atoms with E-state index >= 15 is 0 Å². The van der Waals surface area contributed by atoms with Crippen LogP contribution >= 0.6 is 27.5 Å². The first-order valence-electron chi connectivity index (χ1n) is 3.32. The minimum Gasteiger partial charge on any atom is -0.324 e. The van der Waals surface area contributed by atoms with Crippen molar-refractivity contribution in [3.05, 3.63) is 33.3 Å². The third-order valence-corrected chi connectivity index (χ3v) is 2.27. The van der Waals surface area contributed by atoms with Crippen LogP contribution < -0.4 is 5.73 Å². The average Bonchev–Trinajstić information content (AvgIpc) is 1.85. The van der Waals surface area contributed by atoms with Gasteiger partial charge in [-0.15, -0.1) is 0 Å². The summed E-state index contributed by atoms with van der Waals surface area (Å²) in [5.41, 5.74) is 6.65. The second kappa shape index (κ2) is 3.57. The van der Waals surface area contributed by atoms with E-state index in [9.17, 15) is 0 Å². The zero-order valence-corrected chi connectivity index (χ0v) is 8.48. The molecular weight excluding hydrogens is 225 g/mol. The van der Waals surface area contributed by atoms with E-state index in [0.717, 1.165) is 15.1 Å². The van der Waals surface area contributed by atoms with Crippen molar-refractivity contribution in [2.75, 3.05) is 0 Å². The van der Waals surface area contributed by atoms with Gasteiger partial charge in [0, 0.05) is 15.5 Å². The van der Waals surface area contributed by atoms with Gasteiger partial charge < -0.3 is 5.73 Å². The molecule has 0 saturated heterocycles. The van der Waals surface area contributed by atoms with Crippen LogP contribution in [0.3, 0.4) is 0 Å². The van der Waals surface area contributed by atoms with Crippen molar-refractivity contribution in [2.45, 2.75) is 13.0 Å².